The Morgan fingerprint density at radius 2 is 1.25 bits per heavy atom. The van der Waals surface area contributed by atoms with Gasteiger partial charge in [0.05, 0.1) is 0 Å². The number of hydrogen-bond donors (Lipinski definition) is 0. The first-order chi connectivity index (χ1) is 9.86. The standard InChI is InChI=1S/C17H35ClN2/c1-2-3-4-5-6-7-8-9-12-19-13-10-14-20(15-11-18)17-16-19/h2-17H2,1H3. The van der Waals surface area contributed by atoms with Crippen molar-refractivity contribution in [2.75, 3.05) is 45.1 Å². The Kier molecular flexibility index (Phi) is 11.8. The average Bonchev–Trinajstić information content (AvgIpc) is 2.68. The third-order valence-electron chi connectivity index (χ3n) is 4.41. The predicted octanol–water partition coefficient (Wildman–Crippen LogP) is 4.37. The van der Waals surface area contributed by atoms with Gasteiger partial charge in [-0.3, -0.25) is 0 Å². The van der Waals surface area contributed by atoms with Gasteiger partial charge in [0.15, 0.2) is 0 Å². The number of hydrogen-bond acceptors (Lipinski definition) is 2. The summed E-state index contributed by atoms with van der Waals surface area (Å²) in [6, 6.07) is 0. The molecule has 0 atom stereocenters. The molecule has 0 N–H and O–H groups in total. The molecule has 120 valence electrons. The lowest BCUT2D eigenvalue weighted by Crippen LogP contribution is -2.32. The van der Waals surface area contributed by atoms with Gasteiger partial charge in [-0.25, -0.2) is 0 Å². The molecule has 0 bridgehead atoms. The van der Waals surface area contributed by atoms with Crippen LogP contribution in [0.3, 0.4) is 0 Å². The zero-order valence-corrected chi connectivity index (χ0v) is 14.3. The molecule has 1 aliphatic heterocycles. The van der Waals surface area contributed by atoms with Crippen LogP contribution in [0.15, 0.2) is 0 Å². The SMILES string of the molecule is CCCCCCCCCCN1CCCN(CCCl)CC1. The van der Waals surface area contributed by atoms with Crippen LogP contribution in [-0.4, -0.2) is 54.9 Å². The van der Waals surface area contributed by atoms with Crippen LogP contribution in [0.25, 0.3) is 0 Å². The fourth-order valence-corrected chi connectivity index (χ4v) is 3.30. The fourth-order valence-electron chi connectivity index (χ4n) is 3.06. The topological polar surface area (TPSA) is 6.48 Å². The molecule has 3 heteroatoms. The fraction of sp³-hybridized carbons (Fsp3) is 1.00. The predicted molar refractivity (Wildman–Crippen MR) is 90.8 cm³/mol. The van der Waals surface area contributed by atoms with Crippen LogP contribution in [0.4, 0.5) is 0 Å². The summed E-state index contributed by atoms with van der Waals surface area (Å²) >= 11 is 5.83. The van der Waals surface area contributed by atoms with E-state index in [-0.39, 0.29) is 0 Å². The molecule has 0 radical (unpaired) electrons. The summed E-state index contributed by atoms with van der Waals surface area (Å²) in [5.41, 5.74) is 0. The second-order valence-corrected chi connectivity index (χ2v) is 6.58. The van der Waals surface area contributed by atoms with Crippen molar-refractivity contribution in [3.8, 4) is 0 Å². The lowest BCUT2D eigenvalue weighted by Gasteiger charge is -2.21. The Bertz CT molecular complexity index is 211. The van der Waals surface area contributed by atoms with Crippen molar-refractivity contribution in [1.29, 1.82) is 0 Å². The maximum Gasteiger partial charge on any atom is 0.0351 e. The zero-order chi connectivity index (χ0) is 14.5. The van der Waals surface area contributed by atoms with Gasteiger partial charge in [-0.1, -0.05) is 51.9 Å². The molecule has 0 spiro atoms. The molecule has 1 fully saturated rings. The molecule has 0 aromatic heterocycles. The summed E-state index contributed by atoms with van der Waals surface area (Å²) < 4.78 is 0. The van der Waals surface area contributed by atoms with Gasteiger partial charge in [-0.05, 0) is 32.5 Å². The monoisotopic (exact) mass is 302 g/mol. The van der Waals surface area contributed by atoms with E-state index in [1.54, 1.807) is 0 Å². The normalized spacial score (nSPS) is 18.3. The van der Waals surface area contributed by atoms with Crippen molar-refractivity contribution < 1.29 is 0 Å². The van der Waals surface area contributed by atoms with E-state index >= 15 is 0 Å². The summed E-state index contributed by atoms with van der Waals surface area (Å²) in [6.07, 6.45) is 12.7. The van der Waals surface area contributed by atoms with E-state index in [1.807, 2.05) is 0 Å². The van der Waals surface area contributed by atoms with E-state index < -0.39 is 0 Å². The minimum Gasteiger partial charge on any atom is -0.302 e. The average molecular weight is 303 g/mol. The number of nitrogens with zero attached hydrogens (tertiary/aromatic N) is 2. The van der Waals surface area contributed by atoms with Gasteiger partial charge >= 0.3 is 0 Å². The molecule has 1 aliphatic rings. The minimum atomic E-state index is 0.776. The molecule has 20 heavy (non-hydrogen) atoms. The minimum absolute atomic E-state index is 0.776. The van der Waals surface area contributed by atoms with Gasteiger partial charge in [-0.2, -0.15) is 0 Å². The highest BCUT2D eigenvalue weighted by Crippen LogP contribution is 2.10. The highest BCUT2D eigenvalue weighted by atomic mass is 35.5. The van der Waals surface area contributed by atoms with Crippen LogP contribution in [-0.2, 0) is 0 Å². The molecular formula is C17H35ClN2. The van der Waals surface area contributed by atoms with E-state index in [0.717, 1.165) is 12.4 Å². The van der Waals surface area contributed by atoms with Crippen LogP contribution in [0.1, 0.15) is 64.7 Å². The Morgan fingerprint density at radius 1 is 0.700 bits per heavy atom. The van der Waals surface area contributed by atoms with Gasteiger partial charge in [0.1, 0.15) is 0 Å². The van der Waals surface area contributed by atoms with Crippen LogP contribution in [0.5, 0.6) is 0 Å². The summed E-state index contributed by atoms with van der Waals surface area (Å²) in [7, 11) is 0. The molecule has 0 saturated carbocycles. The molecule has 1 rings (SSSR count). The van der Waals surface area contributed by atoms with E-state index in [1.165, 1.54) is 90.5 Å². The largest absolute Gasteiger partial charge is 0.302 e. The Balaban J connectivity index is 1.94. The summed E-state index contributed by atoms with van der Waals surface area (Å²) in [4.78, 5) is 5.17. The number of alkyl halides is 1. The third-order valence-corrected chi connectivity index (χ3v) is 4.58. The van der Waals surface area contributed by atoms with Crippen molar-refractivity contribution >= 4 is 11.6 Å². The number of rotatable bonds is 11. The molecule has 0 unspecified atom stereocenters. The highest BCUT2D eigenvalue weighted by molar-refractivity contribution is 6.18. The molecule has 1 heterocycles. The second-order valence-electron chi connectivity index (χ2n) is 6.20. The molecule has 0 aromatic carbocycles. The van der Waals surface area contributed by atoms with Gasteiger partial charge in [0.25, 0.3) is 0 Å². The number of halogens is 1. The molecular weight excluding hydrogens is 268 g/mol. The molecule has 0 amide bonds. The van der Waals surface area contributed by atoms with Crippen LogP contribution < -0.4 is 0 Å². The van der Waals surface area contributed by atoms with Gasteiger partial charge in [0.2, 0.25) is 0 Å². The zero-order valence-electron chi connectivity index (χ0n) is 13.6. The van der Waals surface area contributed by atoms with Crippen LogP contribution >= 0.6 is 11.6 Å². The van der Waals surface area contributed by atoms with Crippen molar-refractivity contribution in [2.45, 2.75) is 64.7 Å². The van der Waals surface area contributed by atoms with Crippen LogP contribution in [0.2, 0.25) is 0 Å². The Morgan fingerprint density at radius 3 is 1.85 bits per heavy atom. The van der Waals surface area contributed by atoms with Crippen molar-refractivity contribution in [3.63, 3.8) is 0 Å². The first kappa shape index (κ1) is 18.3. The van der Waals surface area contributed by atoms with E-state index in [4.69, 9.17) is 11.6 Å². The molecule has 0 aliphatic carbocycles. The Labute approximate surface area is 131 Å². The van der Waals surface area contributed by atoms with Gasteiger partial charge < -0.3 is 9.80 Å². The highest BCUT2D eigenvalue weighted by Gasteiger charge is 2.13. The van der Waals surface area contributed by atoms with Crippen molar-refractivity contribution in [3.05, 3.63) is 0 Å². The summed E-state index contributed by atoms with van der Waals surface area (Å²) in [5, 5.41) is 0. The smallest absolute Gasteiger partial charge is 0.0351 e. The molecule has 2 nitrogen and oxygen atoms in total. The quantitative estimate of drug-likeness (QED) is 0.413. The molecule has 1 saturated heterocycles. The molecule has 0 aromatic rings. The van der Waals surface area contributed by atoms with Gasteiger partial charge in [-0.15, -0.1) is 11.6 Å². The maximum absolute atomic E-state index is 5.83. The van der Waals surface area contributed by atoms with E-state index in [2.05, 4.69) is 16.7 Å². The Hall–Kier alpha value is 0.210. The van der Waals surface area contributed by atoms with Crippen molar-refractivity contribution in [1.82, 2.24) is 9.80 Å². The van der Waals surface area contributed by atoms with E-state index in [9.17, 15) is 0 Å². The summed E-state index contributed by atoms with van der Waals surface area (Å²) in [5.74, 6) is 0.776. The van der Waals surface area contributed by atoms with Crippen molar-refractivity contribution in [2.24, 2.45) is 0 Å². The lowest BCUT2D eigenvalue weighted by molar-refractivity contribution is 0.259. The number of unbranched alkanes of at least 4 members (excludes halogenated alkanes) is 7. The summed E-state index contributed by atoms with van der Waals surface area (Å²) in [6.45, 7) is 9.64. The first-order valence-electron chi connectivity index (χ1n) is 8.87. The maximum atomic E-state index is 5.83. The second kappa shape index (κ2) is 12.9. The third kappa shape index (κ3) is 9.20. The van der Waals surface area contributed by atoms with E-state index in [0.29, 0.717) is 0 Å². The van der Waals surface area contributed by atoms with Crippen LogP contribution in [0, 0.1) is 0 Å². The lowest BCUT2D eigenvalue weighted by atomic mass is 10.1. The first-order valence-corrected chi connectivity index (χ1v) is 9.41. The van der Waals surface area contributed by atoms with Gasteiger partial charge in [0, 0.05) is 25.5 Å².